The lowest BCUT2D eigenvalue weighted by Crippen LogP contribution is -2.42. The fourth-order valence-electron chi connectivity index (χ4n) is 2.62. The fourth-order valence-corrected chi connectivity index (χ4v) is 4.10. The molecule has 0 radical (unpaired) electrons. The van der Waals surface area contributed by atoms with Crippen LogP contribution >= 0.6 is 0 Å². The van der Waals surface area contributed by atoms with E-state index < -0.39 is 10.0 Å². The maximum absolute atomic E-state index is 13.1. The Hall–Kier alpha value is -2.28. The van der Waals surface area contributed by atoms with Crippen LogP contribution in [0.3, 0.4) is 0 Å². The average molecular weight is 348 g/mol. The van der Waals surface area contributed by atoms with Crippen LogP contribution in [0.4, 0.5) is 5.69 Å². The molecule has 1 aromatic carbocycles. The highest BCUT2D eigenvalue weighted by Gasteiger charge is 2.33. The summed E-state index contributed by atoms with van der Waals surface area (Å²) in [6.45, 7) is 6.35. The molecule has 0 N–H and O–H groups in total. The molecule has 24 heavy (non-hydrogen) atoms. The number of hydrogen-bond donors (Lipinski definition) is 0. The van der Waals surface area contributed by atoms with Crippen LogP contribution in [0.1, 0.15) is 19.4 Å². The van der Waals surface area contributed by atoms with Crippen LogP contribution in [0.2, 0.25) is 0 Å². The second-order valence-electron chi connectivity index (χ2n) is 5.70. The van der Waals surface area contributed by atoms with Crippen LogP contribution in [-0.2, 0) is 10.0 Å². The minimum atomic E-state index is -3.72. The summed E-state index contributed by atoms with van der Waals surface area (Å²) in [7, 11) is -3.72. The lowest BCUT2D eigenvalue weighted by atomic mass is 10.2. The number of ether oxygens (including phenoxy) is 2. The molecule has 7 heteroatoms. The molecule has 0 saturated carbocycles. The molecular weight excluding hydrogens is 328 g/mol. The second-order valence-corrected chi connectivity index (χ2v) is 7.56. The summed E-state index contributed by atoms with van der Waals surface area (Å²) in [5, 5.41) is 0. The largest absolute Gasteiger partial charge is 0.487 e. The second kappa shape index (κ2) is 6.32. The molecule has 0 unspecified atom stereocenters. The summed E-state index contributed by atoms with van der Waals surface area (Å²) >= 11 is 0. The van der Waals surface area contributed by atoms with E-state index in [9.17, 15) is 8.42 Å². The monoisotopic (exact) mass is 348 g/mol. The maximum Gasteiger partial charge on any atom is 0.266 e. The number of fused-ring (bicyclic) bond motifs is 1. The number of benzene rings is 1. The standard InChI is InChI=1S/C17H20N2O4S/c1-4-22-17-8-6-14(10-18-17)24(20,21)19-11-13(3)23-16-7-5-12(2)9-15(16)19/h5-10,13H,4,11H2,1-3H3/t13-/m0/s1. The van der Waals surface area contributed by atoms with Gasteiger partial charge in [-0.25, -0.2) is 13.4 Å². The summed E-state index contributed by atoms with van der Waals surface area (Å²) in [6.07, 6.45) is 1.10. The van der Waals surface area contributed by atoms with Gasteiger partial charge in [-0.2, -0.15) is 0 Å². The maximum atomic E-state index is 13.1. The number of nitrogens with zero attached hydrogens (tertiary/aromatic N) is 2. The molecule has 0 amide bonds. The Kier molecular flexibility index (Phi) is 4.36. The first-order valence-electron chi connectivity index (χ1n) is 7.80. The molecule has 3 rings (SSSR count). The van der Waals surface area contributed by atoms with Crippen molar-refractivity contribution in [3.8, 4) is 11.6 Å². The molecule has 1 atom stereocenters. The van der Waals surface area contributed by atoms with Gasteiger partial charge in [0, 0.05) is 6.07 Å². The highest BCUT2D eigenvalue weighted by atomic mass is 32.2. The summed E-state index contributed by atoms with van der Waals surface area (Å²) < 4.78 is 38.5. The van der Waals surface area contributed by atoms with E-state index in [1.54, 1.807) is 12.1 Å². The first kappa shape index (κ1) is 16.6. The van der Waals surface area contributed by atoms with E-state index in [0.717, 1.165) is 5.56 Å². The fraction of sp³-hybridized carbons (Fsp3) is 0.353. The SMILES string of the molecule is CCOc1ccc(S(=O)(=O)N2C[C@H](C)Oc3ccc(C)cc32)cn1. The quantitative estimate of drug-likeness (QED) is 0.850. The van der Waals surface area contributed by atoms with E-state index in [0.29, 0.717) is 23.9 Å². The number of sulfonamides is 1. The van der Waals surface area contributed by atoms with Crippen LogP contribution < -0.4 is 13.8 Å². The normalized spacial score (nSPS) is 17.1. The van der Waals surface area contributed by atoms with E-state index in [1.165, 1.54) is 16.6 Å². The molecule has 0 bridgehead atoms. The Morgan fingerprint density at radius 2 is 2.12 bits per heavy atom. The van der Waals surface area contributed by atoms with Crippen molar-refractivity contribution in [1.29, 1.82) is 0 Å². The zero-order valence-corrected chi connectivity index (χ0v) is 14.7. The average Bonchev–Trinajstić information content (AvgIpc) is 2.55. The van der Waals surface area contributed by atoms with Crippen molar-refractivity contribution in [2.24, 2.45) is 0 Å². The summed E-state index contributed by atoms with van der Waals surface area (Å²) in [5.41, 5.74) is 1.53. The Bertz CT molecular complexity index is 834. The van der Waals surface area contributed by atoms with Crippen molar-refractivity contribution in [2.45, 2.75) is 31.8 Å². The van der Waals surface area contributed by atoms with Crippen molar-refractivity contribution in [1.82, 2.24) is 4.98 Å². The molecule has 6 nitrogen and oxygen atoms in total. The van der Waals surface area contributed by atoms with Crippen LogP contribution in [0.25, 0.3) is 0 Å². The van der Waals surface area contributed by atoms with Crippen LogP contribution in [0, 0.1) is 6.92 Å². The van der Waals surface area contributed by atoms with Gasteiger partial charge < -0.3 is 9.47 Å². The smallest absolute Gasteiger partial charge is 0.266 e. The Labute approximate surface area is 142 Å². The van der Waals surface area contributed by atoms with Gasteiger partial charge in [0.2, 0.25) is 5.88 Å². The number of pyridine rings is 1. The molecule has 1 aliphatic rings. The zero-order chi connectivity index (χ0) is 17.3. The van der Waals surface area contributed by atoms with Gasteiger partial charge >= 0.3 is 0 Å². The van der Waals surface area contributed by atoms with E-state index in [2.05, 4.69) is 4.98 Å². The van der Waals surface area contributed by atoms with Crippen LogP contribution in [0.15, 0.2) is 41.4 Å². The van der Waals surface area contributed by atoms with E-state index in [-0.39, 0.29) is 17.5 Å². The summed E-state index contributed by atoms with van der Waals surface area (Å²) in [5.74, 6) is 0.977. The van der Waals surface area contributed by atoms with Gasteiger partial charge in [-0.3, -0.25) is 4.31 Å². The topological polar surface area (TPSA) is 68.7 Å². The van der Waals surface area contributed by atoms with E-state index in [4.69, 9.17) is 9.47 Å². The lowest BCUT2D eigenvalue weighted by molar-refractivity contribution is 0.219. The minimum Gasteiger partial charge on any atom is -0.487 e. The van der Waals surface area contributed by atoms with Crippen molar-refractivity contribution in [3.05, 3.63) is 42.1 Å². The highest BCUT2D eigenvalue weighted by molar-refractivity contribution is 7.92. The van der Waals surface area contributed by atoms with E-state index in [1.807, 2.05) is 32.9 Å². The van der Waals surface area contributed by atoms with Crippen molar-refractivity contribution < 1.29 is 17.9 Å². The number of rotatable bonds is 4. The molecule has 2 aromatic rings. The third kappa shape index (κ3) is 3.03. The summed E-state index contributed by atoms with van der Waals surface area (Å²) in [6, 6.07) is 8.61. The molecule has 128 valence electrons. The third-order valence-electron chi connectivity index (χ3n) is 3.72. The molecule has 1 aromatic heterocycles. The number of hydrogen-bond acceptors (Lipinski definition) is 5. The Morgan fingerprint density at radius 3 is 2.79 bits per heavy atom. The van der Waals surface area contributed by atoms with Crippen LogP contribution in [-0.4, -0.2) is 32.7 Å². The van der Waals surface area contributed by atoms with Crippen molar-refractivity contribution in [3.63, 3.8) is 0 Å². The van der Waals surface area contributed by atoms with Gasteiger partial charge in [-0.05, 0) is 44.5 Å². The Morgan fingerprint density at radius 1 is 1.33 bits per heavy atom. The van der Waals surface area contributed by atoms with Gasteiger partial charge in [-0.1, -0.05) is 6.07 Å². The third-order valence-corrected chi connectivity index (χ3v) is 5.49. The summed E-state index contributed by atoms with van der Waals surface area (Å²) in [4.78, 5) is 4.19. The number of anilines is 1. The first-order valence-corrected chi connectivity index (χ1v) is 9.24. The first-order chi connectivity index (χ1) is 11.4. The Balaban J connectivity index is 2.02. The lowest BCUT2D eigenvalue weighted by Gasteiger charge is -2.34. The molecule has 2 heterocycles. The van der Waals surface area contributed by atoms with Crippen LogP contribution in [0.5, 0.6) is 11.6 Å². The number of aromatic nitrogens is 1. The minimum absolute atomic E-state index is 0.132. The molecule has 0 saturated heterocycles. The molecule has 0 fully saturated rings. The van der Waals surface area contributed by atoms with Gasteiger partial charge in [0.15, 0.2) is 0 Å². The van der Waals surface area contributed by atoms with Gasteiger partial charge in [-0.15, -0.1) is 0 Å². The predicted molar refractivity (Wildman–Crippen MR) is 91.2 cm³/mol. The van der Waals surface area contributed by atoms with Gasteiger partial charge in [0.05, 0.1) is 25.0 Å². The van der Waals surface area contributed by atoms with Crippen molar-refractivity contribution in [2.75, 3.05) is 17.5 Å². The van der Waals surface area contributed by atoms with Crippen molar-refractivity contribution >= 4 is 15.7 Å². The number of aryl methyl sites for hydroxylation is 1. The molecular formula is C17H20N2O4S. The zero-order valence-electron chi connectivity index (χ0n) is 13.9. The predicted octanol–water partition coefficient (Wildman–Crippen LogP) is 2.76. The highest BCUT2D eigenvalue weighted by Crippen LogP contribution is 2.37. The van der Waals surface area contributed by atoms with Gasteiger partial charge in [0.25, 0.3) is 10.0 Å². The molecule has 1 aliphatic heterocycles. The molecule has 0 spiro atoms. The molecule has 0 aliphatic carbocycles. The van der Waals surface area contributed by atoms with E-state index >= 15 is 0 Å². The van der Waals surface area contributed by atoms with Gasteiger partial charge in [0.1, 0.15) is 16.7 Å².